The van der Waals surface area contributed by atoms with Gasteiger partial charge in [-0.15, -0.1) is 11.3 Å². The summed E-state index contributed by atoms with van der Waals surface area (Å²) in [5.74, 6) is 1.23. The normalized spacial score (nSPS) is 17.3. The Balaban J connectivity index is 1.01. The van der Waals surface area contributed by atoms with Crippen molar-refractivity contribution in [3.63, 3.8) is 0 Å². The number of hydrogen-bond acceptors (Lipinski definition) is 3. The van der Waals surface area contributed by atoms with E-state index in [-0.39, 0.29) is 12.0 Å². The first-order valence-corrected chi connectivity index (χ1v) is 18.0. The number of ether oxygens (including phenoxy) is 1. The summed E-state index contributed by atoms with van der Waals surface area (Å²) in [5.41, 5.74) is 12.4. The van der Waals surface area contributed by atoms with Gasteiger partial charge in [-0.05, 0) is 83.6 Å². The molecule has 2 atom stereocenters. The van der Waals surface area contributed by atoms with E-state index in [2.05, 4.69) is 169 Å². The van der Waals surface area contributed by atoms with Gasteiger partial charge in [-0.25, -0.2) is 0 Å². The van der Waals surface area contributed by atoms with Crippen molar-refractivity contribution in [2.45, 2.75) is 24.9 Å². The Hall–Kier alpha value is -5.64. The molecule has 6 aromatic carbocycles. The lowest BCUT2D eigenvalue weighted by atomic mass is 9.81. The van der Waals surface area contributed by atoms with Gasteiger partial charge >= 0.3 is 0 Å². The molecule has 2 nitrogen and oxygen atoms in total. The van der Waals surface area contributed by atoms with E-state index >= 15 is 0 Å². The molecular formula is C46H33NOS. The quantitative estimate of drug-likeness (QED) is 0.184. The summed E-state index contributed by atoms with van der Waals surface area (Å²) in [5, 5.41) is 2.63. The van der Waals surface area contributed by atoms with Gasteiger partial charge in [0.25, 0.3) is 0 Å². The van der Waals surface area contributed by atoms with Gasteiger partial charge in [-0.2, -0.15) is 0 Å². The number of para-hydroxylation sites is 1. The predicted octanol–water partition coefficient (Wildman–Crippen LogP) is 12.6. The molecule has 49 heavy (non-hydrogen) atoms. The second-order valence-corrected chi connectivity index (χ2v) is 14.2. The van der Waals surface area contributed by atoms with Gasteiger partial charge in [0.2, 0.25) is 0 Å². The molecule has 10 rings (SSSR count). The minimum Gasteiger partial charge on any atom is -0.484 e. The maximum atomic E-state index is 6.97. The first-order valence-electron chi connectivity index (χ1n) is 17.1. The number of rotatable bonds is 5. The Morgan fingerprint density at radius 2 is 1.39 bits per heavy atom. The second kappa shape index (κ2) is 11.5. The van der Waals surface area contributed by atoms with Crippen LogP contribution in [0.3, 0.4) is 0 Å². The van der Waals surface area contributed by atoms with Gasteiger partial charge in [-0.1, -0.05) is 115 Å². The molecule has 0 amide bonds. The lowest BCUT2D eigenvalue weighted by molar-refractivity contribution is 0.277. The highest BCUT2D eigenvalue weighted by molar-refractivity contribution is 7.25. The number of anilines is 3. The number of fused-ring (bicyclic) bond motifs is 8. The fourth-order valence-electron chi connectivity index (χ4n) is 8.01. The van der Waals surface area contributed by atoms with Gasteiger partial charge in [-0.3, -0.25) is 0 Å². The molecule has 0 N–H and O–H groups in total. The minimum absolute atomic E-state index is 0.0584. The van der Waals surface area contributed by atoms with Crippen LogP contribution in [0.1, 0.15) is 34.6 Å². The molecule has 7 aromatic rings. The first kappa shape index (κ1) is 28.4. The summed E-state index contributed by atoms with van der Waals surface area (Å²) in [6, 6.07) is 48.5. The van der Waals surface area contributed by atoms with Crippen LogP contribution in [-0.4, -0.2) is 6.10 Å². The lowest BCUT2D eigenvalue weighted by Crippen LogP contribution is -2.21. The minimum atomic E-state index is -0.0584. The zero-order chi connectivity index (χ0) is 32.3. The molecule has 0 fully saturated rings. The molecule has 2 heterocycles. The molecule has 2 unspecified atom stereocenters. The van der Waals surface area contributed by atoms with Crippen molar-refractivity contribution in [2.24, 2.45) is 0 Å². The smallest absolute Gasteiger partial charge is 0.135 e. The highest BCUT2D eigenvalue weighted by Crippen LogP contribution is 2.52. The summed E-state index contributed by atoms with van der Waals surface area (Å²) in [7, 11) is 0. The topological polar surface area (TPSA) is 12.5 Å². The standard InChI is InChI=1S/C46H33NOS/c1-3-12-30(13-4-1)41-29-42-40-20-11-19-35(45(40)48-46(42)39-18-8-7-16-36(39)41)31-22-24-33(25-23-31)47(32-14-5-2-6-15-32)34-26-27-38-37-17-9-10-21-43(37)49-44(38)28-34/h1-6,8-15,17-29,40,45H,7,16H2. The van der Waals surface area contributed by atoms with Crippen molar-refractivity contribution in [2.75, 3.05) is 4.90 Å². The Morgan fingerprint density at radius 1 is 0.653 bits per heavy atom. The number of benzene rings is 6. The summed E-state index contributed by atoms with van der Waals surface area (Å²) in [6.45, 7) is 0. The average Bonchev–Trinajstić information content (AvgIpc) is 3.74. The van der Waals surface area contributed by atoms with E-state index in [0.29, 0.717) is 0 Å². The average molecular weight is 648 g/mol. The Labute approximate surface area is 290 Å². The van der Waals surface area contributed by atoms with Crippen LogP contribution in [0.2, 0.25) is 0 Å². The zero-order valence-electron chi connectivity index (χ0n) is 26.9. The molecule has 3 aliphatic rings. The number of allylic oxidation sites excluding steroid dienone is 3. The predicted molar refractivity (Wildman–Crippen MR) is 208 cm³/mol. The van der Waals surface area contributed by atoms with Crippen molar-refractivity contribution >= 4 is 60.2 Å². The fraction of sp³-hybridized carbons (Fsp3) is 0.0870. The van der Waals surface area contributed by atoms with E-state index in [1.54, 1.807) is 0 Å². The molecule has 0 bridgehead atoms. The fourth-order valence-corrected chi connectivity index (χ4v) is 9.15. The SMILES string of the molecule is C1=CC2c3cc(-c4ccccc4)c4c(c3OC2C(c2ccc(N(c3ccccc3)c3ccc5c(c3)sc3ccccc35)cc2)=C1)C=CCC4. The Bertz CT molecular complexity index is 2470. The van der Waals surface area contributed by atoms with E-state index in [4.69, 9.17) is 4.74 Å². The van der Waals surface area contributed by atoms with Crippen LogP contribution >= 0.6 is 11.3 Å². The molecule has 0 saturated heterocycles. The van der Waals surface area contributed by atoms with Crippen molar-refractivity contribution in [3.05, 3.63) is 180 Å². The summed E-state index contributed by atoms with van der Waals surface area (Å²) < 4.78 is 9.59. The first-order chi connectivity index (χ1) is 24.3. The van der Waals surface area contributed by atoms with Gasteiger partial charge in [0, 0.05) is 59.9 Å². The van der Waals surface area contributed by atoms with Crippen molar-refractivity contribution in [1.82, 2.24) is 0 Å². The maximum absolute atomic E-state index is 6.97. The third kappa shape index (κ3) is 4.68. The zero-order valence-corrected chi connectivity index (χ0v) is 27.7. The summed E-state index contributed by atoms with van der Waals surface area (Å²) in [6.07, 6.45) is 13.4. The van der Waals surface area contributed by atoms with E-state index in [0.717, 1.165) is 35.7 Å². The van der Waals surface area contributed by atoms with E-state index in [9.17, 15) is 0 Å². The summed E-state index contributed by atoms with van der Waals surface area (Å²) >= 11 is 1.86. The molecule has 1 aliphatic heterocycles. The van der Waals surface area contributed by atoms with E-state index < -0.39 is 0 Å². The molecule has 1 aromatic heterocycles. The molecule has 2 aliphatic carbocycles. The summed E-state index contributed by atoms with van der Waals surface area (Å²) in [4.78, 5) is 2.36. The highest BCUT2D eigenvalue weighted by Gasteiger charge is 2.39. The number of thiophene rings is 1. The monoisotopic (exact) mass is 647 g/mol. The van der Waals surface area contributed by atoms with Crippen LogP contribution in [0, 0.1) is 0 Å². The molecule has 0 saturated carbocycles. The van der Waals surface area contributed by atoms with Crippen LogP contribution in [0.15, 0.2) is 158 Å². The Kier molecular flexibility index (Phi) is 6.66. The van der Waals surface area contributed by atoms with E-state index in [1.807, 2.05) is 11.3 Å². The number of nitrogens with zero attached hydrogens (tertiary/aromatic N) is 1. The van der Waals surface area contributed by atoms with E-state index in [1.165, 1.54) is 59.1 Å². The largest absolute Gasteiger partial charge is 0.484 e. The molecular weight excluding hydrogens is 615 g/mol. The third-order valence-corrected chi connectivity index (χ3v) is 11.4. The van der Waals surface area contributed by atoms with Gasteiger partial charge in [0.15, 0.2) is 0 Å². The lowest BCUT2D eigenvalue weighted by Gasteiger charge is -2.27. The van der Waals surface area contributed by atoms with Crippen LogP contribution in [0.4, 0.5) is 17.1 Å². The molecule has 234 valence electrons. The van der Waals surface area contributed by atoms with Crippen molar-refractivity contribution < 1.29 is 4.74 Å². The van der Waals surface area contributed by atoms with Gasteiger partial charge in [0.1, 0.15) is 11.9 Å². The molecule has 0 radical (unpaired) electrons. The van der Waals surface area contributed by atoms with Crippen molar-refractivity contribution in [3.8, 4) is 16.9 Å². The maximum Gasteiger partial charge on any atom is 0.135 e. The van der Waals surface area contributed by atoms with Gasteiger partial charge in [0.05, 0.1) is 0 Å². The highest BCUT2D eigenvalue weighted by atomic mass is 32.1. The van der Waals surface area contributed by atoms with Crippen LogP contribution in [0.25, 0.3) is 42.9 Å². The second-order valence-electron chi connectivity index (χ2n) is 13.1. The third-order valence-electron chi connectivity index (χ3n) is 10.3. The van der Waals surface area contributed by atoms with Crippen LogP contribution in [-0.2, 0) is 6.42 Å². The Morgan fingerprint density at radius 3 is 2.24 bits per heavy atom. The molecule has 3 heteroatoms. The van der Waals surface area contributed by atoms with Crippen molar-refractivity contribution in [1.29, 1.82) is 0 Å². The van der Waals surface area contributed by atoms with Gasteiger partial charge < -0.3 is 9.64 Å². The molecule has 0 spiro atoms. The van der Waals surface area contributed by atoms with Crippen LogP contribution in [0.5, 0.6) is 5.75 Å². The number of hydrogen-bond donors (Lipinski definition) is 0. The van der Waals surface area contributed by atoms with Crippen LogP contribution < -0.4 is 9.64 Å².